The molecule has 2 rings (SSSR count). The van der Waals surface area contributed by atoms with Crippen LogP contribution in [0, 0.1) is 0 Å². The van der Waals surface area contributed by atoms with Crippen molar-refractivity contribution < 1.29 is 0 Å². The van der Waals surface area contributed by atoms with Gasteiger partial charge < -0.3 is 5.32 Å². The Labute approximate surface area is 135 Å². The van der Waals surface area contributed by atoms with Crippen molar-refractivity contribution in [3.05, 3.63) is 21.6 Å². The zero-order chi connectivity index (χ0) is 15.5. The maximum absolute atomic E-state index is 12.2. The summed E-state index contributed by atoms with van der Waals surface area (Å²) < 4.78 is 1.67. The van der Waals surface area contributed by atoms with Crippen molar-refractivity contribution in [2.75, 3.05) is 18.1 Å². The van der Waals surface area contributed by atoms with Crippen LogP contribution in [-0.4, -0.2) is 27.3 Å². The van der Waals surface area contributed by atoms with Gasteiger partial charge in [-0.05, 0) is 32.9 Å². The van der Waals surface area contributed by atoms with Gasteiger partial charge in [0.25, 0.3) is 5.56 Å². The topological polar surface area (TPSA) is 46.9 Å². The van der Waals surface area contributed by atoms with E-state index in [1.165, 1.54) is 36.8 Å². The van der Waals surface area contributed by atoms with Crippen molar-refractivity contribution in [3.8, 4) is 0 Å². The van der Waals surface area contributed by atoms with E-state index in [-0.39, 0.29) is 21.4 Å². The molecule has 0 radical (unpaired) electrons. The van der Waals surface area contributed by atoms with Crippen molar-refractivity contribution in [3.63, 3.8) is 0 Å². The van der Waals surface area contributed by atoms with Gasteiger partial charge in [0.1, 0.15) is 5.02 Å². The summed E-state index contributed by atoms with van der Waals surface area (Å²) in [7, 11) is 0. The molecule has 1 N–H and O–H groups in total. The predicted molar refractivity (Wildman–Crippen MR) is 91.7 cm³/mol. The first kappa shape index (κ1) is 16.7. The molecule has 1 aliphatic rings. The number of nitrogens with one attached hydrogen (secondary N) is 1. The molecule has 0 aromatic carbocycles. The number of rotatable bonds is 5. The molecule has 0 bridgehead atoms. The highest BCUT2D eigenvalue weighted by Gasteiger charge is 2.31. The quantitative estimate of drug-likeness (QED) is 0.888. The number of halogens is 1. The number of thioether (sulfide) groups is 1. The maximum atomic E-state index is 12.2. The van der Waals surface area contributed by atoms with Gasteiger partial charge in [-0.1, -0.05) is 30.9 Å². The van der Waals surface area contributed by atoms with Crippen LogP contribution in [-0.2, 0) is 0 Å². The number of nitrogens with zero attached hydrogens (tertiary/aromatic N) is 2. The van der Waals surface area contributed by atoms with E-state index in [9.17, 15) is 4.79 Å². The zero-order valence-corrected chi connectivity index (χ0v) is 14.6. The van der Waals surface area contributed by atoms with Crippen molar-refractivity contribution >= 4 is 29.1 Å². The van der Waals surface area contributed by atoms with Crippen molar-refractivity contribution in [1.29, 1.82) is 0 Å². The Kier molecular flexibility index (Phi) is 5.60. The van der Waals surface area contributed by atoms with Gasteiger partial charge in [-0.2, -0.15) is 16.9 Å². The van der Waals surface area contributed by atoms with Crippen molar-refractivity contribution in [2.45, 2.75) is 56.7 Å². The molecule has 0 aliphatic heterocycles. The van der Waals surface area contributed by atoms with Gasteiger partial charge in [0.05, 0.1) is 17.9 Å². The fourth-order valence-electron chi connectivity index (χ4n) is 2.84. The zero-order valence-electron chi connectivity index (χ0n) is 13.0. The minimum atomic E-state index is -0.224. The van der Waals surface area contributed by atoms with Crippen molar-refractivity contribution in [1.82, 2.24) is 9.78 Å². The average Bonchev–Trinajstić information content (AvgIpc) is 2.49. The molecular formula is C15H24ClN3OS. The second kappa shape index (κ2) is 7.05. The predicted octanol–water partition coefficient (Wildman–Crippen LogP) is 3.96. The molecule has 6 heteroatoms. The molecule has 21 heavy (non-hydrogen) atoms. The van der Waals surface area contributed by atoms with Gasteiger partial charge >= 0.3 is 0 Å². The van der Waals surface area contributed by atoms with Gasteiger partial charge in [-0.25, -0.2) is 4.68 Å². The first-order valence-electron chi connectivity index (χ1n) is 7.55. The van der Waals surface area contributed by atoms with E-state index in [0.29, 0.717) is 5.69 Å². The fourth-order valence-corrected chi connectivity index (χ4v) is 3.96. The molecule has 4 nitrogen and oxygen atoms in total. The smallest absolute Gasteiger partial charge is 0.287 e. The van der Waals surface area contributed by atoms with E-state index in [1.807, 2.05) is 25.6 Å². The molecule has 0 amide bonds. The average molecular weight is 330 g/mol. The highest BCUT2D eigenvalue weighted by molar-refractivity contribution is 8.00. The van der Waals surface area contributed by atoms with Gasteiger partial charge in [-0.3, -0.25) is 4.79 Å². The van der Waals surface area contributed by atoms with Crippen LogP contribution in [0.2, 0.25) is 5.02 Å². The van der Waals surface area contributed by atoms with Crippen LogP contribution < -0.4 is 10.9 Å². The highest BCUT2D eigenvalue weighted by atomic mass is 35.5. The second-order valence-electron chi connectivity index (χ2n) is 6.02. The molecule has 1 aromatic heterocycles. The lowest BCUT2D eigenvalue weighted by molar-refractivity contribution is 0.411. The summed E-state index contributed by atoms with van der Waals surface area (Å²) in [5, 5.41) is 7.80. The Bertz CT molecular complexity index is 538. The summed E-state index contributed by atoms with van der Waals surface area (Å²) in [6.07, 6.45) is 10.2. The summed E-state index contributed by atoms with van der Waals surface area (Å²) >= 11 is 8.13. The molecule has 0 spiro atoms. The fraction of sp³-hybridized carbons (Fsp3) is 0.733. The minimum Gasteiger partial charge on any atom is -0.381 e. The normalized spacial score (nSPS) is 18.0. The molecule has 0 saturated heterocycles. The third kappa shape index (κ3) is 3.75. The maximum Gasteiger partial charge on any atom is 0.287 e. The Morgan fingerprint density at radius 2 is 2.10 bits per heavy atom. The summed E-state index contributed by atoms with van der Waals surface area (Å²) in [5.74, 6) is 0. The third-order valence-electron chi connectivity index (χ3n) is 4.23. The van der Waals surface area contributed by atoms with Gasteiger partial charge in [0.15, 0.2) is 0 Å². The first-order chi connectivity index (χ1) is 9.99. The van der Waals surface area contributed by atoms with E-state index in [4.69, 9.17) is 11.6 Å². The SMILES string of the molecule is CSC1(CNc2cnn(C(C)C)c(=O)c2Cl)CCCCC1. The Morgan fingerprint density at radius 1 is 1.43 bits per heavy atom. The van der Waals surface area contributed by atoms with Crippen LogP contribution in [0.3, 0.4) is 0 Å². The molecular weight excluding hydrogens is 306 g/mol. The number of hydrogen-bond donors (Lipinski definition) is 1. The number of hydrogen-bond acceptors (Lipinski definition) is 4. The molecule has 0 unspecified atom stereocenters. The monoisotopic (exact) mass is 329 g/mol. The third-order valence-corrected chi connectivity index (χ3v) is 6.02. The summed E-state index contributed by atoms with van der Waals surface area (Å²) in [6, 6.07) is 0.0138. The van der Waals surface area contributed by atoms with E-state index in [1.54, 1.807) is 6.20 Å². The van der Waals surface area contributed by atoms with Crippen LogP contribution in [0.15, 0.2) is 11.0 Å². The number of anilines is 1. The largest absolute Gasteiger partial charge is 0.381 e. The Morgan fingerprint density at radius 3 is 2.67 bits per heavy atom. The van der Waals surface area contributed by atoms with Gasteiger partial charge in [0.2, 0.25) is 0 Å². The summed E-state index contributed by atoms with van der Waals surface area (Å²) in [4.78, 5) is 12.2. The number of aromatic nitrogens is 2. The van der Waals surface area contributed by atoms with Crippen LogP contribution >= 0.6 is 23.4 Å². The Balaban J connectivity index is 2.13. The van der Waals surface area contributed by atoms with E-state index in [2.05, 4.69) is 16.7 Å². The van der Waals surface area contributed by atoms with Crippen LogP contribution in [0.25, 0.3) is 0 Å². The van der Waals surface area contributed by atoms with Gasteiger partial charge in [-0.15, -0.1) is 0 Å². The van der Waals surface area contributed by atoms with Crippen LogP contribution in [0.5, 0.6) is 0 Å². The molecule has 118 valence electrons. The second-order valence-corrected chi connectivity index (χ2v) is 7.67. The van der Waals surface area contributed by atoms with E-state index >= 15 is 0 Å². The first-order valence-corrected chi connectivity index (χ1v) is 9.16. The van der Waals surface area contributed by atoms with Gasteiger partial charge in [0, 0.05) is 11.3 Å². The molecule has 1 aliphatic carbocycles. The van der Waals surface area contributed by atoms with E-state index < -0.39 is 0 Å². The molecule has 1 fully saturated rings. The molecule has 0 atom stereocenters. The lowest BCUT2D eigenvalue weighted by atomic mass is 9.88. The summed E-state index contributed by atoms with van der Waals surface area (Å²) in [5.41, 5.74) is 0.427. The lowest BCUT2D eigenvalue weighted by Gasteiger charge is -2.36. The lowest BCUT2D eigenvalue weighted by Crippen LogP contribution is -2.36. The van der Waals surface area contributed by atoms with Crippen LogP contribution in [0.1, 0.15) is 52.0 Å². The van der Waals surface area contributed by atoms with Crippen molar-refractivity contribution in [2.24, 2.45) is 0 Å². The molecule has 1 saturated carbocycles. The standard InChI is InChI=1S/C15H24ClN3OS/c1-11(2)19-14(20)13(16)12(9-18-19)17-10-15(21-3)7-5-4-6-8-15/h9,11,17H,4-8,10H2,1-3H3. The summed E-state index contributed by atoms with van der Waals surface area (Å²) in [6.45, 7) is 4.67. The minimum absolute atomic E-state index is 0.0138. The van der Waals surface area contributed by atoms with Crippen LogP contribution in [0.4, 0.5) is 5.69 Å². The Hall–Kier alpha value is -0.680. The molecule has 1 heterocycles. The molecule has 1 aromatic rings. The van der Waals surface area contributed by atoms with E-state index in [0.717, 1.165) is 6.54 Å². The highest BCUT2D eigenvalue weighted by Crippen LogP contribution is 2.38.